The smallest absolute Gasteiger partial charge is 0.405 e. The zero-order valence-electron chi connectivity index (χ0n) is 8.08. The van der Waals surface area contributed by atoms with Gasteiger partial charge in [-0.3, -0.25) is 4.79 Å². The lowest BCUT2D eigenvalue weighted by Gasteiger charge is -2.43. The van der Waals surface area contributed by atoms with Crippen LogP contribution < -0.4 is 5.32 Å². The molecular formula is C8H13FN2O3. The molecule has 0 aromatic heterocycles. The molecular weight excluding hydrogens is 191 g/mol. The monoisotopic (exact) mass is 204 g/mol. The number of carbonyl (C=O) groups excluding carboxylic acids is 1. The third-order valence-corrected chi connectivity index (χ3v) is 2.06. The number of nitrogens with one attached hydrogen (secondary N) is 1. The van der Waals surface area contributed by atoms with Crippen molar-refractivity contribution >= 4 is 12.0 Å². The van der Waals surface area contributed by atoms with E-state index >= 15 is 0 Å². The van der Waals surface area contributed by atoms with E-state index in [9.17, 15) is 14.0 Å². The molecule has 0 aliphatic carbocycles. The van der Waals surface area contributed by atoms with Crippen molar-refractivity contribution in [3.63, 3.8) is 0 Å². The zero-order chi connectivity index (χ0) is 10.9. The predicted molar refractivity (Wildman–Crippen MR) is 46.7 cm³/mol. The minimum Gasteiger partial charge on any atom is -0.465 e. The Balaban J connectivity index is 2.40. The van der Waals surface area contributed by atoms with Crippen molar-refractivity contribution in [3.8, 4) is 0 Å². The van der Waals surface area contributed by atoms with Gasteiger partial charge in [-0.1, -0.05) is 0 Å². The topological polar surface area (TPSA) is 69.6 Å². The third-order valence-electron chi connectivity index (χ3n) is 2.06. The van der Waals surface area contributed by atoms with Gasteiger partial charge >= 0.3 is 6.09 Å². The summed E-state index contributed by atoms with van der Waals surface area (Å²) < 4.78 is 13.0. The molecule has 0 spiro atoms. The van der Waals surface area contributed by atoms with Gasteiger partial charge in [0.05, 0.1) is 13.1 Å². The molecule has 6 heteroatoms. The fourth-order valence-corrected chi connectivity index (χ4v) is 1.43. The predicted octanol–water partition coefficient (Wildman–Crippen LogP) is 0.213. The largest absolute Gasteiger partial charge is 0.465 e. The summed E-state index contributed by atoms with van der Waals surface area (Å²) >= 11 is 0. The van der Waals surface area contributed by atoms with Crippen molar-refractivity contribution in [1.29, 1.82) is 0 Å². The van der Waals surface area contributed by atoms with E-state index in [2.05, 4.69) is 0 Å². The summed E-state index contributed by atoms with van der Waals surface area (Å²) in [5, 5.41) is 10.4. The van der Waals surface area contributed by atoms with Crippen LogP contribution in [-0.2, 0) is 4.79 Å². The van der Waals surface area contributed by atoms with Crippen molar-refractivity contribution in [2.24, 2.45) is 0 Å². The molecule has 0 aromatic rings. The molecule has 0 saturated carbocycles. The van der Waals surface area contributed by atoms with Gasteiger partial charge in [0.1, 0.15) is 11.7 Å². The second-order valence-electron chi connectivity index (χ2n) is 3.78. The van der Waals surface area contributed by atoms with Gasteiger partial charge in [0.25, 0.3) is 0 Å². The van der Waals surface area contributed by atoms with Gasteiger partial charge in [-0.2, -0.15) is 0 Å². The molecule has 2 amide bonds. The number of alkyl halides is 1. The molecule has 5 nitrogen and oxygen atoms in total. The molecule has 1 atom stereocenters. The average molecular weight is 204 g/mol. The fraction of sp³-hybridized carbons (Fsp3) is 0.750. The molecule has 0 unspecified atom stereocenters. The Hall–Kier alpha value is -1.33. The Morgan fingerprint density at radius 1 is 1.57 bits per heavy atom. The molecule has 1 heterocycles. The van der Waals surface area contributed by atoms with E-state index in [1.54, 1.807) is 0 Å². The molecule has 1 fully saturated rings. The van der Waals surface area contributed by atoms with Gasteiger partial charge in [-0.15, -0.1) is 0 Å². The normalized spacial score (nSPS) is 20.9. The summed E-state index contributed by atoms with van der Waals surface area (Å²) in [6, 6.07) is -0.816. The molecule has 2 N–H and O–H groups in total. The van der Waals surface area contributed by atoms with E-state index in [-0.39, 0.29) is 19.0 Å². The number of hydrogen-bond acceptors (Lipinski definition) is 2. The number of halogens is 1. The van der Waals surface area contributed by atoms with Crippen molar-refractivity contribution < 1.29 is 19.1 Å². The summed E-state index contributed by atoms with van der Waals surface area (Å²) in [6.45, 7) is 2.92. The van der Waals surface area contributed by atoms with E-state index in [4.69, 9.17) is 5.11 Å². The first-order valence-corrected chi connectivity index (χ1v) is 4.29. The highest BCUT2D eigenvalue weighted by Gasteiger charge is 2.42. The molecule has 0 radical (unpaired) electrons. The van der Waals surface area contributed by atoms with Gasteiger partial charge in [-0.25, -0.2) is 9.18 Å². The number of amides is 2. The molecule has 1 aliphatic heterocycles. The Kier molecular flexibility index (Phi) is 2.64. The SMILES string of the molecule is C[C@H](NC(=O)O)C(=O)N1CC(C)(F)C1. The number of nitrogens with zero attached hydrogens (tertiary/aromatic N) is 1. The molecule has 1 saturated heterocycles. The minimum absolute atomic E-state index is 0.0392. The number of likely N-dealkylation sites (tertiary alicyclic amines) is 1. The van der Waals surface area contributed by atoms with Crippen LogP contribution in [0.2, 0.25) is 0 Å². The number of carbonyl (C=O) groups is 2. The van der Waals surface area contributed by atoms with Crippen LogP contribution in [-0.4, -0.2) is 46.8 Å². The van der Waals surface area contributed by atoms with E-state index in [1.807, 2.05) is 5.32 Å². The number of carboxylic acid groups (broad SMARTS) is 1. The first kappa shape index (κ1) is 10.7. The second-order valence-corrected chi connectivity index (χ2v) is 3.78. The van der Waals surface area contributed by atoms with Crippen LogP contribution in [0.5, 0.6) is 0 Å². The maximum atomic E-state index is 13.0. The Bertz CT molecular complexity index is 259. The Morgan fingerprint density at radius 2 is 2.07 bits per heavy atom. The maximum Gasteiger partial charge on any atom is 0.405 e. The van der Waals surface area contributed by atoms with Crippen molar-refractivity contribution in [2.75, 3.05) is 13.1 Å². The number of hydrogen-bond donors (Lipinski definition) is 2. The van der Waals surface area contributed by atoms with Crippen LogP contribution in [0.15, 0.2) is 0 Å². The van der Waals surface area contributed by atoms with Gasteiger partial charge in [0.2, 0.25) is 5.91 Å². The highest BCUT2D eigenvalue weighted by molar-refractivity contribution is 5.85. The van der Waals surface area contributed by atoms with Crippen molar-refractivity contribution in [3.05, 3.63) is 0 Å². The molecule has 0 bridgehead atoms. The van der Waals surface area contributed by atoms with Crippen LogP contribution in [0.3, 0.4) is 0 Å². The highest BCUT2D eigenvalue weighted by atomic mass is 19.1. The molecule has 1 rings (SSSR count). The van der Waals surface area contributed by atoms with Gasteiger partial charge in [-0.05, 0) is 13.8 Å². The van der Waals surface area contributed by atoms with Crippen LogP contribution in [0.1, 0.15) is 13.8 Å². The van der Waals surface area contributed by atoms with Gasteiger partial charge in [0.15, 0.2) is 0 Å². The van der Waals surface area contributed by atoms with Gasteiger partial charge in [0, 0.05) is 0 Å². The number of rotatable bonds is 2. The van der Waals surface area contributed by atoms with Gasteiger partial charge < -0.3 is 15.3 Å². The lowest BCUT2D eigenvalue weighted by molar-refractivity contribution is -0.145. The summed E-state index contributed by atoms with van der Waals surface area (Å²) in [5.74, 6) is -0.387. The van der Waals surface area contributed by atoms with E-state index < -0.39 is 17.8 Å². The first-order valence-electron chi connectivity index (χ1n) is 4.29. The maximum absolute atomic E-state index is 13.0. The van der Waals surface area contributed by atoms with Crippen LogP contribution >= 0.6 is 0 Å². The van der Waals surface area contributed by atoms with E-state index in [1.165, 1.54) is 18.7 Å². The Morgan fingerprint density at radius 3 is 2.43 bits per heavy atom. The van der Waals surface area contributed by atoms with Crippen molar-refractivity contribution in [2.45, 2.75) is 25.6 Å². The lowest BCUT2D eigenvalue weighted by Crippen LogP contribution is -2.62. The summed E-state index contributed by atoms with van der Waals surface area (Å²) in [6.07, 6.45) is -1.26. The van der Waals surface area contributed by atoms with Crippen molar-refractivity contribution in [1.82, 2.24) is 10.2 Å². The second kappa shape index (κ2) is 3.43. The van der Waals surface area contributed by atoms with E-state index in [0.717, 1.165) is 0 Å². The molecule has 14 heavy (non-hydrogen) atoms. The minimum atomic E-state index is -1.32. The van der Waals surface area contributed by atoms with Crippen LogP contribution in [0.4, 0.5) is 9.18 Å². The average Bonchev–Trinajstić information content (AvgIpc) is 1.97. The quantitative estimate of drug-likeness (QED) is 0.675. The fourth-order valence-electron chi connectivity index (χ4n) is 1.43. The van der Waals surface area contributed by atoms with E-state index in [0.29, 0.717) is 0 Å². The van der Waals surface area contributed by atoms with Crippen LogP contribution in [0, 0.1) is 0 Å². The summed E-state index contributed by atoms with van der Waals surface area (Å²) in [5.41, 5.74) is -1.32. The van der Waals surface area contributed by atoms with Crippen LogP contribution in [0.25, 0.3) is 0 Å². The molecule has 1 aliphatic rings. The first-order chi connectivity index (χ1) is 6.32. The standard InChI is InChI=1S/C8H13FN2O3/c1-5(10-7(13)14)6(12)11-3-8(2,9)4-11/h5,10H,3-4H2,1-2H3,(H,13,14)/t5-/m0/s1. The molecule has 0 aromatic carbocycles. The lowest BCUT2D eigenvalue weighted by atomic mass is 9.98. The highest BCUT2D eigenvalue weighted by Crippen LogP contribution is 2.24. The summed E-state index contributed by atoms with van der Waals surface area (Å²) in [7, 11) is 0. The zero-order valence-corrected chi connectivity index (χ0v) is 8.08. The third kappa shape index (κ3) is 2.34. The summed E-state index contributed by atoms with van der Waals surface area (Å²) in [4.78, 5) is 22.9. The Labute approximate surface area is 80.9 Å². The molecule has 80 valence electrons.